The van der Waals surface area contributed by atoms with Gasteiger partial charge in [0.1, 0.15) is 5.78 Å². The van der Waals surface area contributed by atoms with Gasteiger partial charge in [0.25, 0.3) is 0 Å². The zero-order valence-corrected chi connectivity index (χ0v) is 10.1. The van der Waals surface area contributed by atoms with Crippen LogP contribution in [0.2, 0.25) is 0 Å². The summed E-state index contributed by atoms with van der Waals surface area (Å²) in [6, 6.07) is 0. The first-order valence-electron chi connectivity index (χ1n) is 5.01. The van der Waals surface area contributed by atoms with Crippen molar-refractivity contribution < 1.29 is 14.3 Å². The van der Waals surface area contributed by atoms with E-state index in [-0.39, 0.29) is 0 Å². The van der Waals surface area contributed by atoms with E-state index in [0.717, 1.165) is 12.8 Å². The highest BCUT2D eigenvalue weighted by molar-refractivity contribution is 5.75. The maximum absolute atomic E-state index is 10.3. The molecule has 0 saturated heterocycles. The molecule has 0 unspecified atom stereocenters. The molecule has 0 fully saturated rings. The van der Waals surface area contributed by atoms with Gasteiger partial charge in [-0.25, -0.2) is 0 Å². The number of carbonyl (C=O) groups excluding carboxylic acids is 1. The van der Waals surface area contributed by atoms with Crippen LogP contribution in [0.1, 0.15) is 33.6 Å². The molecular formula is C11H24O3. The van der Waals surface area contributed by atoms with Crippen LogP contribution in [0.5, 0.6) is 0 Å². The van der Waals surface area contributed by atoms with E-state index in [1.54, 1.807) is 21.1 Å². The molecule has 0 spiro atoms. The summed E-state index contributed by atoms with van der Waals surface area (Å²) in [6.45, 7) is 7.28. The van der Waals surface area contributed by atoms with Gasteiger partial charge in [-0.15, -0.1) is 0 Å². The summed E-state index contributed by atoms with van der Waals surface area (Å²) in [7, 11) is 3.30. The van der Waals surface area contributed by atoms with Gasteiger partial charge >= 0.3 is 0 Å². The van der Waals surface area contributed by atoms with Crippen molar-refractivity contribution in [2.75, 3.05) is 27.4 Å². The van der Waals surface area contributed by atoms with E-state index in [1.807, 2.05) is 0 Å². The minimum absolute atomic E-state index is 0.304. The number of hydrogen-bond donors (Lipinski definition) is 0. The van der Waals surface area contributed by atoms with Gasteiger partial charge < -0.3 is 14.3 Å². The van der Waals surface area contributed by atoms with Crippen molar-refractivity contribution in [1.82, 2.24) is 0 Å². The summed E-state index contributed by atoms with van der Waals surface area (Å²) in [5.74, 6) is 0.970. The number of hydrogen-bond acceptors (Lipinski definition) is 3. The maximum atomic E-state index is 10.3. The third kappa shape index (κ3) is 22.6. The lowest BCUT2D eigenvalue weighted by Crippen LogP contribution is -1.96. The van der Waals surface area contributed by atoms with Crippen molar-refractivity contribution in [2.45, 2.75) is 33.6 Å². The Kier molecular flexibility index (Phi) is 14.4. The standard InChI is InChI=1S/C7H14O.C4H10O2/c1-6(2)4-5-7(3)8;1-5-3-4-6-2/h6H,4-5H2,1-3H3;3-4H2,1-2H3. The molecule has 3 nitrogen and oxygen atoms in total. The third-order valence-corrected chi connectivity index (χ3v) is 1.57. The van der Waals surface area contributed by atoms with Gasteiger partial charge in [0.2, 0.25) is 0 Å². The zero-order chi connectivity index (χ0) is 11.4. The number of ketones is 1. The highest BCUT2D eigenvalue weighted by Crippen LogP contribution is 2.02. The van der Waals surface area contributed by atoms with Crippen molar-refractivity contribution in [3.05, 3.63) is 0 Å². The normalized spacial score (nSPS) is 9.57. The Balaban J connectivity index is 0. The van der Waals surface area contributed by atoms with Crippen molar-refractivity contribution in [1.29, 1.82) is 0 Å². The lowest BCUT2D eigenvalue weighted by molar-refractivity contribution is -0.117. The van der Waals surface area contributed by atoms with E-state index in [9.17, 15) is 4.79 Å². The first-order valence-corrected chi connectivity index (χ1v) is 5.01. The van der Waals surface area contributed by atoms with E-state index in [4.69, 9.17) is 0 Å². The average molecular weight is 204 g/mol. The van der Waals surface area contributed by atoms with Crippen molar-refractivity contribution in [3.8, 4) is 0 Å². The lowest BCUT2D eigenvalue weighted by atomic mass is 10.1. The molecule has 0 saturated carbocycles. The molecule has 0 aliphatic rings. The predicted molar refractivity (Wildman–Crippen MR) is 58.5 cm³/mol. The molecule has 86 valence electrons. The largest absolute Gasteiger partial charge is 0.382 e. The van der Waals surface area contributed by atoms with Crippen LogP contribution >= 0.6 is 0 Å². The van der Waals surface area contributed by atoms with Crippen LogP contribution in [0.3, 0.4) is 0 Å². The molecule has 0 aromatic heterocycles. The highest BCUT2D eigenvalue weighted by atomic mass is 16.5. The molecule has 0 radical (unpaired) electrons. The molecule has 0 atom stereocenters. The van der Waals surface area contributed by atoms with Gasteiger partial charge in [-0.1, -0.05) is 13.8 Å². The van der Waals surface area contributed by atoms with Gasteiger partial charge in [-0.3, -0.25) is 0 Å². The molecule has 0 aromatic rings. The summed E-state index contributed by atoms with van der Waals surface area (Å²) in [5.41, 5.74) is 0. The number of rotatable bonds is 6. The molecule has 0 rings (SSSR count). The smallest absolute Gasteiger partial charge is 0.129 e. The molecule has 0 aliphatic heterocycles. The van der Waals surface area contributed by atoms with Crippen LogP contribution in [0.25, 0.3) is 0 Å². The molecule has 0 aromatic carbocycles. The van der Waals surface area contributed by atoms with Crippen LogP contribution in [-0.2, 0) is 14.3 Å². The fourth-order valence-electron chi connectivity index (χ4n) is 0.659. The van der Waals surface area contributed by atoms with E-state index in [0.29, 0.717) is 24.9 Å². The fraction of sp³-hybridized carbons (Fsp3) is 0.909. The Hall–Kier alpha value is -0.410. The zero-order valence-electron chi connectivity index (χ0n) is 10.1. The molecule has 14 heavy (non-hydrogen) atoms. The SMILES string of the molecule is CC(=O)CCC(C)C.COCCOC. The summed E-state index contributed by atoms with van der Waals surface area (Å²) in [6.07, 6.45) is 1.78. The first kappa shape index (κ1) is 16.0. The topological polar surface area (TPSA) is 35.5 Å². The van der Waals surface area contributed by atoms with Crippen molar-refractivity contribution >= 4 is 5.78 Å². The Morgan fingerprint density at radius 3 is 1.71 bits per heavy atom. The highest BCUT2D eigenvalue weighted by Gasteiger charge is 1.95. The van der Waals surface area contributed by atoms with Gasteiger partial charge in [0.15, 0.2) is 0 Å². The van der Waals surface area contributed by atoms with E-state index in [1.165, 1.54) is 0 Å². The van der Waals surface area contributed by atoms with Gasteiger partial charge in [-0.2, -0.15) is 0 Å². The number of carbonyl (C=O) groups is 1. The minimum atomic E-state index is 0.304. The van der Waals surface area contributed by atoms with Crippen LogP contribution < -0.4 is 0 Å². The third-order valence-electron chi connectivity index (χ3n) is 1.57. The summed E-state index contributed by atoms with van der Waals surface area (Å²) in [5, 5.41) is 0. The molecule has 0 amide bonds. The Bertz CT molecular complexity index is 118. The van der Waals surface area contributed by atoms with Gasteiger partial charge in [0.05, 0.1) is 13.2 Å². The molecule has 0 N–H and O–H groups in total. The average Bonchev–Trinajstić information content (AvgIpc) is 2.12. The monoisotopic (exact) mass is 204 g/mol. The maximum Gasteiger partial charge on any atom is 0.129 e. The summed E-state index contributed by atoms with van der Waals surface area (Å²) < 4.78 is 9.31. The Morgan fingerprint density at radius 2 is 1.57 bits per heavy atom. The Morgan fingerprint density at radius 1 is 1.14 bits per heavy atom. The van der Waals surface area contributed by atoms with Gasteiger partial charge in [-0.05, 0) is 19.3 Å². The lowest BCUT2D eigenvalue weighted by Gasteiger charge is -1.98. The number of Topliss-reactive ketones (excluding diaryl/α,β-unsaturated/α-hetero) is 1. The Labute approximate surface area is 87.8 Å². The van der Waals surface area contributed by atoms with E-state index in [2.05, 4.69) is 23.3 Å². The summed E-state index contributed by atoms with van der Waals surface area (Å²) in [4.78, 5) is 10.3. The van der Waals surface area contributed by atoms with Crippen LogP contribution in [-0.4, -0.2) is 33.2 Å². The molecule has 3 heteroatoms. The molecule has 0 heterocycles. The van der Waals surface area contributed by atoms with Crippen molar-refractivity contribution in [3.63, 3.8) is 0 Å². The first-order chi connectivity index (χ1) is 6.54. The second-order valence-electron chi connectivity index (χ2n) is 3.62. The number of methoxy groups -OCH3 is 2. The second-order valence-corrected chi connectivity index (χ2v) is 3.62. The second kappa shape index (κ2) is 12.6. The van der Waals surface area contributed by atoms with Crippen LogP contribution in [0.4, 0.5) is 0 Å². The quantitative estimate of drug-likeness (QED) is 0.623. The van der Waals surface area contributed by atoms with E-state index >= 15 is 0 Å². The molecule has 0 bridgehead atoms. The predicted octanol–water partition coefficient (Wildman–Crippen LogP) is 2.29. The molecular weight excluding hydrogens is 180 g/mol. The molecule has 0 aliphatic carbocycles. The van der Waals surface area contributed by atoms with Crippen LogP contribution in [0, 0.1) is 5.92 Å². The number of ether oxygens (including phenoxy) is 2. The minimum Gasteiger partial charge on any atom is -0.382 e. The van der Waals surface area contributed by atoms with Gasteiger partial charge in [0, 0.05) is 20.6 Å². The summed E-state index contributed by atoms with van der Waals surface area (Å²) >= 11 is 0. The van der Waals surface area contributed by atoms with Crippen molar-refractivity contribution in [2.24, 2.45) is 5.92 Å². The van der Waals surface area contributed by atoms with Crippen LogP contribution in [0.15, 0.2) is 0 Å². The van der Waals surface area contributed by atoms with E-state index < -0.39 is 0 Å². The fourth-order valence-corrected chi connectivity index (χ4v) is 0.659.